The molecule has 3 heteroatoms. The highest BCUT2D eigenvalue weighted by Gasteiger charge is 2.27. The number of nitrogens with zero attached hydrogens (tertiary/aromatic N) is 1. The van der Waals surface area contributed by atoms with E-state index in [1.165, 1.54) is 12.8 Å². The lowest BCUT2D eigenvalue weighted by Gasteiger charge is -2.03. The summed E-state index contributed by atoms with van der Waals surface area (Å²) in [4.78, 5) is 10.3. The van der Waals surface area contributed by atoms with Gasteiger partial charge >= 0.3 is 0 Å². The molecule has 0 aliphatic heterocycles. The average Bonchev–Trinajstić information content (AvgIpc) is 2.87. The third kappa shape index (κ3) is 1.41. The molecule has 2 rings (SSSR count). The van der Waals surface area contributed by atoms with Gasteiger partial charge in [0.05, 0.1) is 4.92 Å². The highest BCUT2D eigenvalue weighted by atomic mass is 16.6. The zero-order chi connectivity index (χ0) is 9.42. The molecule has 0 aromatic heterocycles. The van der Waals surface area contributed by atoms with E-state index in [2.05, 4.69) is 0 Å². The molecule has 0 spiro atoms. The molecule has 1 saturated carbocycles. The third-order valence-corrected chi connectivity index (χ3v) is 2.56. The molecule has 0 heterocycles. The van der Waals surface area contributed by atoms with Gasteiger partial charge < -0.3 is 0 Å². The summed E-state index contributed by atoms with van der Waals surface area (Å²) in [5.41, 5.74) is 2.26. The zero-order valence-corrected chi connectivity index (χ0v) is 7.49. The Kier molecular flexibility index (Phi) is 1.79. The molecule has 0 saturated heterocycles. The molecule has 0 amide bonds. The van der Waals surface area contributed by atoms with Gasteiger partial charge in [0.25, 0.3) is 5.69 Å². The fraction of sp³-hybridized carbons (Fsp3) is 0.400. The quantitative estimate of drug-likeness (QED) is 0.515. The minimum atomic E-state index is -0.304. The molecule has 0 bridgehead atoms. The summed E-state index contributed by atoms with van der Waals surface area (Å²) in [6.45, 7) is 1.84. The molecule has 0 atom stereocenters. The first-order valence-corrected chi connectivity index (χ1v) is 4.44. The van der Waals surface area contributed by atoms with Crippen LogP contribution in [0.4, 0.5) is 5.69 Å². The molecule has 1 aliphatic rings. The number of rotatable bonds is 2. The molecular weight excluding hydrogens is 166 g/mol. The fourth-order valence-corrected chi connectivity index (χ4v) is 1.68. The van der Waals surface area contributed by atoms with Crippen LogP contribution < -0.4 is 0 Å². The van der Waals surface area contributed by atoms with Crippen LogP contribution in [0.15, 0.2) is 18.2 Å². The topological polar surface area (TPSA) is 43.1 Å². The van der Waals surface area contributed by atoms with Crippen molar-refractivity contribution in [2.24, 2.45) is 0 Å². The summed E-state index contributed by atoms with van der Waals surface area (Å²) in [7, 11) is 0. The SMILES string of the molecule is Cc1c(C2CC2)cccc1[N+](=O)[O-]. The molecular formula is C10H11NO2. The van der Waals surface area contributed by atoms with Crippen LogP contribution >= 0.6 is 0 Å². The predicted molar refractivity (Wildman–Crippen MR) is 49.8 cm³/mol. The van der Waals surface area contributed by atoms with Gasteiger partial charge in [0, 0.05) is 11.6 Å². The van der Waals surface area contributed by atoms with Gasteiger partial charge in [-0.05, 0) is 31.2 Å². The maximum Gasteiger partial charge on any atom is 0.272 e. The summed E-state index contributed by atoms with van der Waals surface area (Å²) in [5.74, 6) is 0.583. The molecule has 1 aromatic carbocycles. The summed E-state index contributed by atoms with van der Waals surface area (Å²) >= 11 is 0. The molecule has 1 aliphatic carbocycles. The highest BCUT2D eigenvalue weighted by Crippen LogP contribution is 2.43. The first-order valence-electron chi connectivity index (χ1n) is 4.44. The lowest BCUT2D eigenvalue weighted by atomic mass is 10.0. The first-order chi connectivity index (χ1) is 6.20. The third-order valence-electron chi connectivity index (χ3n) is 2.56. The molecule has 68 valence electrons. The Morgan fingerprint density at radius 1 is 1.46 bits per heavy atom. The number of hydrogen-bond acceptors (Lipinski definition) is 2. The zero-order valence-electron chi connectivity index (χ0n) is 7.49. The van der Waals surface area contributed by atoms with E-state index in [1.807, 2.05) is 13.0 Å². The van der Waals surface area contributed by atoms with E-state index in [0.717, 1.165) is 11.1 Å². The Hall–Kier alpha value is -1.38. The first kappa shape index (κ1) is 8.23. The fourth-order valence-electron chi connectivity index (χ4n) is 1.68. The van der Waals surface area contributed by atoms with Crippen LogP contribution in [0.2, 0.25) is 0 Å². The van der Waals surface area contributed by atoms with Crippen molar-refractivity contribution in [1.82, 2.24) is 0 Å². The van der Waals surface area contributed by atoms with Crippen molar-refractivity contribution in [2.45, 2.75) is 25.7 Å². The number of nitro groups is 1. The molecule has 0 N–H and O–H groups in total. The largest absolute Gasteiger partial charge is 0.272 e. The van der Waals surface area contributed by atoms with Crippen molar-refractivity contribution in [3.8, 4) is 0 Å². The lowest BCUT2D eigenvalue weighted by Crippen LogP contribution is -1.94. The molecule has 3 nitrogen and oxygen atoms in total. The van der Waals surface area contributed by atoms with Gasteiger partial charge in [0.15, 0.2) is 0 Å². The summed E-state index contributed by atoms with van der Waals surface area (Å²) in [6, 6.07) is 5.35. The van der Waals surface area contributed by atoms with Gasteiger partial charge in [-0.3, -0.25) is 10.1 Å². The Balaban J connectivity index is 2.47. The van der Waals surface area contributed by atoms with Crippen molar-refractivity contribution < 1.29 is 4.92 Å². The van der Waals surface area contributed by atoms with Crippen LogP contribution in [-0.2, 0) is 0 Å². The van der Waals surface area contributed by atoms with E-state index in [9.17, 15) is 10.1 Å². The summed E-state index contributed by atoms with van der Waals surface area (Å²) in [6.07, 6.45) is 2.37. The van der Waals surface area contributed by atoms with Crippen LogP contribution in [0.3, 0.4) is 0 Å². The van der Waals surface area contributed by atoms with Gasteiger partial charge in [-0.25, -0.2) is 0 Å². The minimum Gasteiger partial charge on any atom is -0.258 e. The second kappa shape index (κ2) is 2.83. The van der Waals surface area contributed by atoms with E-state index in [1.54, 1.807) is 12.1 Å². The van der Waals surface area contributed by atoms with Gasteiger partial charge in [0.1, 0.15) is 0 Å². The smallest absolute Gasteiger partial charge is 0.258 e. The highest BCUT2D eigenvalue weighted by molar-refractivity contribution is 5.47. The summed E-state index contributed by atoms with van der Waals surface area (Å²) < 4.78 is 0. The molecule has 1 aromatic rings. The van der Waals surface area contributed by atoms with Gasteiger partial charge in [-0.2, -0.15) is 0 Å². The van der Waals surface area contributed by atoms with Crippen LogP contribution in [0.25, 0.3) is 0 Å². The molecule has 0 unspecified atom stereocenters. The predicted octanol–water partition coefficient (Wildman–Crippen LogP) is 2.78. The number of nitro benzene ring substituents is 1. The van der Waals surface area contributed by atoms with Crippen LogP contribution in [-0.4, -0.2) is 4.92 Å². The van der Waals surface area contributed by atoms with Crippen molar-refractivity contribution in [1.29, 1.82) is 0 Å². The van der Waals surface area contributed by atoms with Crippen molar-refractivity contribution in [3.05, 3.63) is 39.4 Å². The second-order valence-corrected chi connectivity index (χ2v) is 3.52. The van der Waals surface area contributed by atoms with E-state index < -0.39 is 0 Å². The Morgan fingerprint density at radius 2 is 2.15 bits per heavy atom. The van der Waals surface area contributed by atoms with Crippen molar-refractivity contribution >= 4 is 5.69 Å². The van der Waals surface area contributed by atoms with Gasteiger partial charge in [-0.1, -0.05) is 12.1 Å². The van der Waals surface area contributed by atoms with Crippen LogP contribution in [0.1, 0.15) is 29.9 Å². The Morgan fingerprint density at radius 3 is 2.69 bits per heavy atom. The Labute approximate surface area is 76.5 Å². The van der Waals surface area contributed by atoms with E-state index in [0.29, 0.717) is 5.92 Å². The number of benzene rings is 1. The van der Waals surface area contributed by atoms with Crippen LogP contribution in [0.5, 0.6) is 0 Å². The van der Waals surface area contributed by atoms with Crippen LogP contribution in [0, 0.1) is 17.0 Å². The van der Waals surface area contributed by atoms with Crippen molar-refractivity contribution in [3.63, 3.8) is 0 Å². The van der Waals surface area contributed by atoms with E-state index in [4.69, 9.17) is 0 Å². The maximum atomic E-state index is 10.6. The second-order valence-electron chi connectivity index (χ2n) is 3.52. The average molecular weight is 177 g/mol. The number of hydrogen-bond donors (Lipinski definition) is 0. The van der Waals surface area contributed by atoms with Gasteiger partial charge in [0.2, 0.25) is 0 Å². The van der Waals surface area contributed by atoms with E-state index >= 15 is 0 Å². The summed E-state index contributed by atoms with van der Waals surface area (Å²) in [5, 5.41) is 10.6. The molecule has 0 radical (unpaired) electrons. The van der Waals surface area contributed by atoms with E-state index in [-0.39, 0.29) is 10.6 Å². The minimum absolute atomic E-state index is 0.254. The normalized spacial score (nSPS) is 15.8. The van der Waals surface area contributed by atoms with Gasteiger partial charge in [-0.15, -0.1) is 0 Å². The van der Waals surface area contributed by atoms with Crippen molar-refractivity contribution in [2.75, 3.05) is 0 Å². The molecule has 1 fully saturated rings. The lowest BCUT2D eigenvalue weighted by molar-refractivity contribution is -0.385. The Bertz CT molecular complexity index is 356. The maximum absolute atomic E-state index is 10.6. The molecule has 13 heavy (non-hydrogen) atoms. The standard InChI is InChI=1S/C10H11NO2/c1-7-9(8-5-6-8)3-2-4-10(7)11(12)13/h2-4,8H,5-6H2,1H3. The monoisotopic (exact) mass is 177 g/mol.